The summed E-state index contributed by atoms with van der Waals surface area (Å²) in [5.41, 5.74) is 5.97. The highest BCUT2D eigenvalue weighted by molar-refractivity contribution is 7.89. The number of carbonyl (C=O) groups excluding carboxylic acids is 2. The summed E-state index contributed by atoms with van der Waals surface area (Å²) in [4.78, 5) is 24.2. The van der Waals surface area contributed by atoms with Crippen LogP contribution in [0.1, 0.15) is 32.0 Å². The molecule has 0 radical (unpaired) electrons. The van der Waals surface area contributed by atoms with E-state index in [0.717, 1.165) is 5.56 Å². The zero-order chi connectivity index (χ0) is 20.9. The Hall–Kier alpha value is -3.43. The fraction of sp³-hybridized carbons (Fsp3) is 0.100. The Bertz CT molecular complexity index is 1120. The predicted molar refractivity (Wildman–Crippen MR) is 105 cm³/mol. The summed E-state index contributed by atoms with van der Waals surface area (Å²) in [7, 11) is -3.82. The highest BCUT2D eigenvalue weighted by Crippen LogP contribution is 2.13. The first kappa shape index (κ1) is 20.3. The van der Waals surface area contributed by atoms with Gasteiger partial charge in [-0.3, -0.25) is 20.4 Å². The van der Waals surface area contributed by atoms with E-state index in [4.69, 9.17) is 4.42 Å². The fourth-order valence-corrected chi connectivity index (χ4v) is 3.57. The number of nitrogens with one attached hydrogen (secondary N) is 3. The van der Waals surface area contributed by atoms with Crippen LogP contribution in [0.4, 0.5) is 0 Å². The molecule has 1 heterocycles. The minimum Gasteiger partial charge on any atom is -0.459 e. The van der Waals surface area contributed by atoms with Crippen LogP contribution < -0.4 is 15.6 Å². The molecule has 9 heteroatoms. The third-order valence-corrected chi connectivity index (χ3v) is 5.47. The first-order valence-corrected chi connectivity index (χ1v) is 10.1. The van der Waals surface area contributed by atoms with E-state index in [1.54, 1.807) is 25.1 Å². The summed E-state index contributed by atoms with van der Waals surface area (Å²) in [5.74, 6) is -1.21. The van der Waals surface area contributed by atoms with E-state index in [0.29, 0.717) is 5.56 Å². The van der Waals surface area contributed by atoms with E-state index in [1.165, 1.54) is 30.5 Å². The van der Waals surface area contributed by atoms with Crippen molar-refractivity contribution < 1.29 is 22.4 Å². The number of rotatable bonds is 6. The van der Waals surface area contributed by atoms with Gasteiger partial charge >= 0.3 is 5.91 Å². The van der Waals surface area contributed by atoms with E-state index in [2.05, 4.69) is 15.6 Å². The molecule has 0 spiro atoms. The van der Waals surface area contributed by atoms with Crippen molar-refractivity contribution in [3.63, 3.8) is 0 Å². The molecule has 0 unspecified atom stereocenters. The molecule has 0 bridgehead atoms. The van der Waals surface area contributed by atoms with Gasteiger partial charge in [-0.2, -0.15) is 0 Å². The molecular weight excluding hydrogens is 394 g/mol. The average Bonchev–Trinajstić information content (AvgIpc) is 3.17. The van der Waals surface area contributed by atoms with Crippen LogP contribution >= 0.6 is 0 Å². The molecule has 0 aliphatic heterocycles. The van der Waals surface area contributed by atoms with Gasteiger partial charge in [0.05, 0.1) is 11.2 Å². The van der Waals surface area contributed by atoms with Crippen molar-refractivity contribution >= 4 is 21.8 Å². The smallest absolute Gasteiger partial charge is 0.305 e. The van der Waals surface area contributed by atoms with Gasteiger partial charge in [-0.05, 0) is 36.8 Å². The van der Waals surface area contributed by atoms with Gasteiger partial charge in [0.2, 0.25) is 10.0 Å². The quantitative estimate of drug-likeness (QED) is 0.535. The normalized spacial score (nSPS) is 11.1. The zero-order valence-electron chi connectivity index (χ0n) is 15.5. The SMILES string of the molecule is Cc1ccoc1C(=O)NNC(=O)c1cccc(S(=O)(=O)NCc2ccccc2)c1. The maximum absolute atomic E-state index is 12.5. The third-order valence-electron chi connectivity index (χ3n) is 4.07. The van der Waals surface area contributed by atoms with Crippen LogP contribution in [0.5, 0.6) is 0 Å². The van der Waals surface area contributed by atoms with E-state index in [-0.39, 0.29) is 22.8 Å². The zero-order valence-corrected chi connectivity index (χ0v) is 16.3. The van der Waals surface area contributed by atoms with Gasteiger partial charge < -0.3 is 4.42 Å². The summed E-state index contributed by atoms with van der Waals surface area (Å²) < 4.78 is 32.6. The maximum atomic E-state index is 12.5. The summed E-state index contributed by atoms with van der Waals surface area (Å²) in [5, 5.41) is 0. The molecule has 3 N–H and O–H groups in total. The molecule has 1 aromatic heterocycles. The predicted octanol–water partition coefficient (Wildman–Crippen LogP) is 2.14. The van der Waals surface area contributed by atoms with Gasteiger partial charge in [0, 0.05) is 17.7 Å². The Labute approximate surface area is 168 Å². The molecule has 8 nitrogen and oxygen atoms in total. The third kappa shape index (κ3) is 5.09. The van der Waals surface area contributed by atoms with Gasteiger partial charge in [-0.1, -0.05) is 36.4 Å². The van der Waals surface area contributed by atoms with Crippen molar-refractivity contribution in [2.45, 2.75) is 18.4 Å². The first-order valence-electron chi connectivity index (χ1n) is 8.65. The molecule has 0 atom stereocenters. The van der Waals surface area contributed by atoms with Crippen LogP contribution in [0.15, 0.2) is 76.2 Å². The number of benzene rings is 2. The number of amides is 2. The molecule has 29 heavy (non-hydrogen) atoms. The standard InChI is InChI=1S/C20H19N3O5S/c1-14-10-11-28-18(14)20(25)23-22-19(24)16-8-5-9-17(12-16)29(26,27)21-13-15-6-3-2-4-7-15/h2-12,21H,13H2,1H3,(H,22,24)(H,23,25). The Morgan fingerprint density at radius 1 is 0.931 bits per heavy atom. The van der Waals surface area contributed by atoms with E-state index in [9.17, 15) is 18.0 Å². The molecule has 150 valence electrons. The van der Waals surface area contributed by atoms with Gasteiger partial charge in [-0.25, -0.2) is 13.1 Å². The molecule has 3 aromatic rings. The lowest BCUT2D eigenvalue weighted by Gasteiger charge is -2.10. The molecule has 0 fully saturated rings. The minimum absolute atomic E-state index is 0.0608. The fourth-order valence-electron chi connectivity index (χ4n) is 2.51. The molecule has 0 saturated heterocycles. The van der Waals surface area contributed by atoms with Crippen molar-refractivity contribution in [1.82, 2.24) is 15.6 Å². The highest BCUT2D eigenvalue weighted by atomic mass is 32.2. The van der Waals surface area contributed by atoms with Crippen LogP contribution in [-0.2, 0) is 16.6 Å². The second kappa shape index (κ2) is 8.72. The van der Waals surface area contributed by atoms with E-state index >= 15 is 0 Å². The van der Waals surface area contributed by atoms with E-state index in [1.807, 2.05) is 18.2 Å². The topological polar surface area (TPSA) is 118 Å². The number of hydrazine groups is 1. The second-order valence-corrected chi connectivity index (χ2v) is 7.95. The number of furan rings is 1. The molecule has 2 aromatic carbocycles. The van der Waals surface area contributed by atoms with Crippen LogP contribution in [-0.4, -0.2) is 20.2 Å². The maximum Gasteiger partial charge on any atom is 0.305 e. The lowest BCUT2D eigenvalue weighted by Crippen LogP contribution is -2.41. The molecular formula is C20H19N3O5S. The molecule has 2 amide bonds. The van der Waals surface area contributed by atoms with Crippen molar-refractivity contribution in [3.8, 4) is 0 Å². The van der Waals surface area contributed by atoms with E-state index < -0.39 is 21.8 Å². The summed E-state index contributed by atoms with van der Waals surface area (Å²) in [6.07, 6.45) is 1.36. The number of hydrogen-bond donors (Lipinski definition) is 3. The van der Waals surface area contributed by atoms with Crippen LogP contribution in [0.2, 0.25) is 0 Å². The van der Waals surface area contributed by atoms with Crippen LogP contribution in [0, 0.1) is 6.92 Å². The largest absolute Gasteiger partial charge is 0.459 e. The Morgan fingerprint density at radius 2 is 1.66 bits per heavy atom. The lowest BCUT2D eigenvalue weighted by molar-refractivity contribution is 0.0830. The van der Waals surface area contributed by atoms with Crippen LogP contribution in [0.25, 0.3) is 0 Å². The van der Waals surface area contributed by atoms with Gasteiger partial charge in [-0.15, -0.1) is 0 Å². The molecule has 0 aliphatic rings. The summed E-state index contributed by atoms with van der Waals surface area (Å²) >= 11 is 0. The Morgan fingerprint density at radius 3 is 2.34 bits per heavy atom. The first-order chi connectivity index (χ1) is 13.9. The molecule has 3 rings (SSSR count). The lowest BCUT2D eigenvalue weighted by atomic mass is 10.2. The monoisotopic (exact) mass is 413 g/mol. The Kier molecular flexibility index (Phi) is 6.10. The van der Waals surface area contributed by atoms with Gasteiger partial charge in [0.1, 0.15) is 0 Å². The summed E-state index contributed by atoms with van der Waals surface area (Å²) in [6, 6.07) is 16.2. The average molecular weight is 413 g/mol. The molecule has 0 saturated carbocycles. The van der Waals surface area contributed by atoms with Gasteiger partial charge in [0.25, 0.3) is 5.91 Å². The van der Waals surface area contributed by atoms with Crippen molar-refractivity contribution in [3.05, 3.63) is 89.4 Å². The number of sulfonamides is 1. The van der Waals surface area contributed by atoms with Crippen LogP contribution in [0.3, 0.4) is 0 Å². The number of hydrogen-bond acceptors (Lipinski definition) is 5. The molecule has 0 aliphatic carbocycles. The number of carbonyl (C=O) groups is 2. The van der Waals surface area contributed by atoms with Crippen molar-refractivity contribution in [2.75, 3.05) is 0 Å². The minimum atomic E-state index is -3.82. The highest BCUT2D eigenvalue weighted by Gasteiger charge is 2.17. The Balaban J connectivity index is 1.65. The van der Waals surface area contributed by atoms with Gasteiger partial charge in [0.15, 0.2) is 5.76 Å². The number of aryl methyl sites for hydroxylation is 1. The second-order valence-electron chi connectivity index (χ2n) is 6.18. The summed E-state index contributed by atoms with van der Waals surface area (Å²) in [6.45, 7) is 1.81. The van der Waals surface area contributed by atoms with Crippen molar-refractivity contribution in [2.24, 2.45) is 0 Å². The van der Waals surface area contributed by atoms with Crippen molar-refractivity contribution in [1.29, 1.82) is 0 Å².